The number of nitrogens with zero attached hydrogens (tertiary/aromatic N) is 1. The fourth-order valence-corrected chi connectivity index (χ4v) is 3.00. The molecule has 0 atom stereocenters. The summed E-state index contributed by atoms with van der Waals surface area (Å²) in [5.41, 5.74) is 0.831. The van der Waals surface area contributed by atoms with Crippen molar-refractivity contribution in [2.24, 2.45) is 4.99 Å². The van der Waals surface area contributed by atoms with Gasteiger partial charge in [-0.3, -0.25) is 9.79 Å². The van der Waals surface area contributed by atoms with Crippen molar-refractivity contribution in [3.8, 4) is 11.5 Å². The predicted molar refractivity (Wildman–Crippen MR) is 104 cm³/mol. The first-order valence-corrected chi connectivity index (χ1v) is 9.23. The van der Waals surface area contributed by atoms with Crippen molar-refractivity contribution in [1.29, 1.82) is 0 Å². The van der Waals surface area contributed by atoms with Crippen LogP contribution in [0.2, 0.25) is 0 Å². The summed E-state index contributed by atoms with van der Waals surface area (Å²) in [6.07, 6.45) is 5.00. The van der Waals surface area contributed by atoms with Crippen LogP contribution >= 0.6 is 0 Å². The number of guanidine groups is 1. The highest BCUT2D eigenvalue weighted by molar-refractivity contribution is 5.94. The van der Waals surface area contributed by atoms with Gasteiger partial charge in [-0.1, -0.05) is 12.8 Å². The van der Waals surface area contributed by atoms with Crippen LogP contribution in [0.3, 0.4) is 0 Å². The highest BCUT2D eigenvalue weighted by Gasteiger charge is 2.16. The van der Waals surface area contributed by atoms with E-state index in [1.165, 1.54) is 12.8 Å². The van der Waals surface area contributed by atoms with Crippen LogP contribution in [0.4, 0.5) is 5.69 Å². The molecule has 1 aromatic rings. The number of methoxy groups -OCH3 is 2. The van der Waals surface area contributed by atoms with Gasteiger partial charge >= 0.3 is 0 Å². The number of ether oxygens (including phenoxy) is 2. The average molecular weight is 362 g/mol. The van der Waals surface area contributed by atoms with Crippen LogP contribution in [-0.2, 0) is 4.79 Å². The maximum atomic E-state index is 12.0. The summed E-state index contributed by atoms with van der Waals surface area (Å²) < 4.78 is 10.6. The normalized spacial score (nSPS) is 14.8. The van der Waals surface area contributed by atoms with E-state index in [0.717, 1.165) is 25.1 Å². The SMILES string of the molecule is CCNC(=NCCC(=O)NC1CCCC1)Nc1ccc(OC)c(OC)c1. The number of benzene rings is 1. The fraction of sp³-hybridized carbons (Fsp3) is 0.579. The van der Waals surface area contributed by atoms with Crippen LogP contribution in [0.1, 0.15) is 39.0 Å². The summed E-state index contributed by atoms with van der Waals surface area (Å²) in [7, 11) is 3.21. The fourth-order valence-electron chi connectivity index (χ4n) is 3.00. The predicted octanol–water partition coefficient (Wildman–Crippen LogP) is 2.53. The molecule has 7 heteroatoms. The molecule has 144 valence electrons. The van der Waals surface area contributed by atoms with Crippen LogP contribution in [0.5, 0.6) is 11.5 Å². The standard InChI is InChI=1S/C19H30N4O3/c1-4-20-19(21-12-11-18(24)22-14-7-5-6-8-14)23-15-9-10-16(25-2)17(13-15)26-3/h9-10,13-14H,4-8,11-12H2,1-3H3,(H,22,24)(H2,20,21,23). The van der Waals surface area contributed by atoms with Crippen LogP contribution < -0.4 is 25.4 Å². The second kappa shape index (κ2) is 10.5. The van der Waals surface area contributed by atoms with Crippen molar-refractivity contribution < 1.29 is 14.3 Å². The molecule has 2 rings (SSSR count). The Balaban J connectivity index is 1.90. The first-order chi connectivity index (χ1) is 12.7. The van der Waals surface area contributed by atoms with Crippen LogP contribution in [-0.4, -0.2) is 45.2 Å². The molecule has 0 bridgehead atoms. The molecule has 1 amide bonds. The number of hydrogen-bond donors (Lipinski definition) is 3. The Morgan fingerprint density at radius 2 is 1.92 bits per heavy atom. The largest absolute Gasteiger partial charge is 0.493 e. The highest BCUT2D eigenvalue weighted by atomic mass is 16.5. The van der Waals surface area contributed by atoms with Gasteiger partial charge in [-0.15, -0.1) is 0 Å². The van der Waals surface area contributed by atoms with Gasteiger partial charge in [0.15, 0.2) is 17.5 Å². The van der Waals surface area contributed by atoms with Gasteiger partial charge in [0.2, 0.25) is 5.91 Å². The summed E-state index contributed by atoms with van der Waals surface area (Å²) in [5.74, 6) is 2.02. The lowest BCUT2D eigenvalue weighted by molar-refractivity contribution is -0.121. The lowest BCUT2D eigenvalue weighted by Gasteiger charge is -2.14. The lowest BCUT2D eigenvalue weighted by atomic mass is 10.2. The van der Waals surface area contributed by atoms with Crippen molar-refractivity contribution in [1.82, 2.24) is 10.6 Å². The van der Waals surface area contributed by atoms with Crippen molar-refractivity contribution in [3.63, 3.8) is 0 Å². The minimum atomic E-state index is 0.0719. The molecule has 3 N–H and O–H groups in total. The van der Waals surface area contributed by atoms with Gasteiger partial charge in [0.05, 0.1) is 20.8 Å². The summed E-state index contributed by atoms with van der Waals surface area (Å²) in [5, 5.41) is 9.49. The highest BCUT2D eigenvalue weighted by Crippen LogP contribution is 2.29. The monoisotopic (exact) mass is 362 g/mol. The van der Waals surface area contributed by atoms with Crippen LogP contribution in [0.25, 0.3) is 0 Å². The van der Waals surface area contributed by atoms with Crippen molar-refractivity contribution in [2.45, 2.75) is 45.1 Å². The van der Waals surface area contributed by atoms with E-state index in [9.17, 15) is 4.79 Å². The minimum Gasteiger partial charge on any atom is -0.493 e. The zero-order valence-corrected chi connectivity index (χ0v) is 15.9. The molecule has 0 radical (unpaired) electrons. The number of hydrogen-bond acceptors (Lipinski definition) is 4. The third-order valence-corrected chi connectivity index (χ3v) is 4.32. The van der Waals surface area contributed by atoms with E-state index in [0.29, 0.717) is 36.5 Å². The Kier molecular flexibility index (Phi) is 8.05. The number of carbonyl (C=O) groups excluding carboxylic acids is 1. The van der Waals surface area contributed by atoms with Gasteiger partial charge in [0.1, 0.15) is 0 Å². The first-order valence-electron chi connectivity index (χ1n) is 9.23. The van der Waals surface area contributed by atoms with E-state index in [1.54, 1.807) is 14.2 Å². The van der Waals surface area contributed by atoms with Gasteiger partial charge in [-0.2, -0.15) is 0 Å². The smallest absolute Gasteiger partial charge is 0.222 e. The molecule has 1 fully saturated rings. The number of rotatable bonds is 8. The molecule has 0 heterocycles. The van der Waals surface area contributed by atoms with E-state index >= 15 is 0 Å². The Morgan fingerprint density at radius 3 is 2.58 bits per heavy atom. The Hall–Kier alpha value is -2.44. The lowest BCUT2D eigenvalue weighted by Crippen LogP contribution is -2.34. The maximum absolute atomic E-state index is 12.0. The molecular weight excluding hydrogens is 332 g/mol. The average Bonchev–Trinajstić information content (AvgIpc) is 3.14. The number of nitrogens with one attached hydrogen (secondary N) is 3. The molecule has 0 saturated heterocycles. The Labute approximate surface area is 155 Å². The number of anilines is 1. The van der Waals surface area contributed by atoms with E-state index in [2.05, 4.69) is 20.9 Å². The number of carbonyl (C=O) groups is 1. The first kappa shape index (κ1) is 19.9. The minimum absolute atomic E-state index is 0.0719. The van der Waals surface area contributed by atoms with Crippen molar-refractivity contribution in [2.75, 3.05) is 32.6 Å². The summed E-state index contributed by atoms with van der Waals surface area (Å²) in [4.78, 5) is 16.5. The molecule has 0 aliphatic heterocycles. The zero-order valence-electron chi connectivity index (χ0n) is 15.9. The maximum Gasteiger partial charge on any atom is 0.222 e. The van der Waals surface area contributed by atoms with Crippen LogP contribution in [0, 0.1) is 0 Å². The molecule has 1 aromatic carbocycles. The molecule has 1 aliphatic rings. The number of amides is 1. The van der Waals surface area contributed by atoms with E-state index in [-0.39, 0.29) is 5.91 Å². The summed E-state index contributed by atoms with van der Waals surface area (Å²) >= 11 is 0. The third-order valence-electron chi connectivity index (χ3n) is 4.32. The summed E-state index contributed by atoms with van der Waals surface area (Å²) in [6.45, 7) is 3.16. The zero-order chi connectivity index (χ0) is 18.8. The van der Waals surface area contributed by atoms with Crippen LogP contribution in [0.15, 0.2) is 23.2 Å². The van der Waals surface area contributed by atoms with Gasteiger partial charge < -0.3 is 25.4 Å². The topological polar surface area (TPSA) is 84.0 Å². The molecular formula is C19H30N4O3. The molecule has 26 heavy (non-hydrogen) atoms. The molecule has 1 aliphatic carbocycles. The van der Waals surface area contributed by atoms with Gasteiger partial charge in [-0.25, -0.2) is 0 Å². The molecule has 7 nitrogen and oxygen atoms in total. The Morgan fingerprint density at radius 1 is 1.19 bits per heavy atom. The van der Waals surface area contributed by atoms with Gasteiger partial charge in [-0.05, 0) is 31.9 Å². The quantitative estimate of drug-likeness (QED) is 0.489. The van der Waals surface area contributed by atoms with E-state index in [1.807, 2.05) is 25.1 Å². The number of aliphatic imine (C=N–C) groups is 1. The molecule has 1 saturated carbocycles. The second-order valence-electron chi connectivity index (χ2n) is 6.25. The van der Waals surface area contributed by atoms with Crippen molar-refractivity contribution >= 4 is 17.6 Å². The summed E-state index contributed by atoms with van der Waals surface area (Å²) in [6, 6.07) is 5.92. The Bertz CT molecular complexity index is 613. The van der Waals surface area contributed by atoms with E-state index in [4.69, 9.17) is 9.47 Å². The van der Waals surface area contributed by atoms with E-state index < -0.39 is 0 Å². The van der Waals surface area contributed by atoms with Gasteiger partial charge in [0.25, 0.3) is 0 Å². The third kappa shape index (κ3) is 6.13. The van der Waals surface area contributed by atoms with Crippen molar-refractivity contribution in [3.05, 3.63) is 18.2 Å². The second-order valence-corrected chi connectivity index (χ2v) is 6.25. The van der Waals surface area contributed by atoms with Gasteiger partial charge in [0, 0.05) is 30.8 Å². The molecule has 0 unspecified atom stereocenters. The molecule has 0 spiro atoms. The molecule has 0 aromatic heterocycles.